The van der Waals surface area contributed by atoms with E-state index in [4.69, 9.17) is 0 Å². The highest BCUT2D eigenvalue weighted by Gasteiger charge is 2.22. The number of benzene rings is 1. The fourth-order valence-corrected chi connectivity index (χ4v) is 4.93. The van der Waals surface area contributed by atoms with Gasteiger partial charge in [0.15, 0.2) is 5.13 Å². The number of carbonyl (C=O) groups excluding carboxylic acids is 1. The Bertz CT molecular complexity index is 681. The Morgan fingerprint density at radius 3 is 2.71 bits per heavy atom. The fraction of sp³-hybridized carbons (Fsp3) is 0.444. The zero-order chi connectivity index (χ0) is 16.9. The molecule has 1 aromatic carbocycles. The predicted octanol–water partition coefficient (Wildman–Crippen LogP) is 5.34. The number of aromatic nitrogens is 1. The smallest absolute Gasteiger partial charge is 0.238 e. The minimum Gasteiger partial charge on any atom is -0.301 e. The number of hydrogen-bond donors (Lipinski definition) is 1. The summed E-state index contributed by atoms with van der Waals surface area (Å²) in [5.41, 5.74) is 1.60. The van der Waals surface area contributed by atoms with Crippen molar-refractivity contribution in [3.8, 4) is 11.3 Å². The van der Waals surface area contributed by atoms with Crippen LogP contribution in [0.4, 0.5) is 9.52 Å². The summed E-state index contributed by atoms with van der Waals surface area (Å²) in [6, 6.07) is 6.21. The van der Waals surface area contributed by atoms with Gasteiger partial charge in [-0.1, -0.05) is 19.3 Å². The lowest BCUT2D eigenvalue weighted by Crippen LogP contribution is -2.25. The topological polar surface area (TPSA) is 42.0 Å². The number of thiazole rings is 1. The summed E-state index contributed by atoms with van der Waals surface area (Å²) in [5.74, 6) is -0.262. The first-order valence-corrected chi connectivity index (χ1v) is 10.1. The minimum absolute atomic E-state index is 0.00517. The molecule has 1 unspecified atom stereocenters. The van der Waals surface area contributed by atoms with Crippen molar-refractivity contribution < 1.29 is 9.18 Å². The monoisotopic (exact) mass is 364 g/mol. The summed E-state index contributed by atoms with van der Waals surface area (Å²) in [6.07, 6.45) is 6.31. The second kappa shape index (κ2) is 8.12. The number of rotatable bonds is 5. The second-order valence-corrected chi connectivity index (χ2v) is 8.58. The normalized spacial score (nSPS) is 16.8. The van der Waals surface area contributed by atoms with Gasteiger partial charge in [0, 0.05) is 16.2 Å². The molecule has 24 heavy (non-hydrogen) atoms. The van der Waals surface area contributed by atoms with E-state index in [1.807, 2.05) is 12.3 Å². The van der Waals surface area contributed by atoms with E-state index < -0.39 is 0 Å². The lowest BCUT2D eigenvalue weighted by Gasteiger charge is -2.23. The highest BCUT2D eigenvalue weighted by atomic mass is 32.2. The molecule has 128 valence electrons. The summed E-state index contributed by atoms with van der Waals surface area (Å²) in [5, 5.41) is 5.90. The molecule has 3 rings (SSSR count). The highest BCUT2D eigenvalue weighted by Crippen LogP contribution is 2.32. The van der Waals surface area contributed by atoms with Crippen LogP contribution in [0.15, 0.2) is 29.6 Å². The van der Waals surface area contributed by atoms with Crippen LogP contribution in [0.25, 0.3) is 11.3 Å². The van der Waals surface area contributed by atoms with Gasteiger partial charge in [-0.05, 0) is 44.0 Å². The number of thioether (sulfide) groups is 1. The van der Waals surface area contributed by atoms with Gasteiger partial charge < -0.3 is 5.32 Å². The molecular formula is C18H21FN2OS2. The Morgan fingerprint density at radius 2 is 2.00 bits per heavy atom. The quantitative estimate of drug-likeness (QED) is 0.778. The van der Waals surface area contributed by atoms with Gasteiger partial charge in [-0.3, -0.25) is 4.79 Å². The lowest BCUT2D eigenvalue weighted by atomic mass is 10.0. The van der Waals surface area contributed by atoms with E-state index >= 15 is 0 Å². The van der Waals surface area contributed by atoms with Crippen LogP contribution in [-0.2, 0) is 4.79 Å². The molecular weight excluding hydrogens is 343 g/mol. The third-order valence-corrected chi connectivity index (χ3v) is 6.43. The van der Waals surface area contributed by atoms with E-state index in [9.17, 15) is 9.18 Å². The molecule has 1 aromatic heterocycles. The van der Waals surface area contributed by atoms with Crippen LogP contribution in [0.1, 0.15) is 39.0 Å². The average Bonchev–Trinajstić information content (AvgIpc) is 3.05. The summed E-state index contributed by atoms with van der Waals surface area (Å²) < 4.78 is 13.0. The zero-order valence-corrected chi connectivity index (χ0v) is 15.3. The Labute approximate surface area is 150 Å². The van der Waals surface area contributed by atoms with Crippen LogP contribution in [-0.4, -0.2) is 21.4 Å². The third-order valence-electron chi connectivity index (χ3n) is 4.19. The second-order valence-electron chi connectivity index (χ2n) is 6.07. The van der Waals surface area contributed by atoms with Crippen molar-refractivity contribution in [1.29, 1.82) is 0 Å². The van der Waals surface area contributed by atoms with Crippen LogP contribution >= 0.6 is 23.1 Å². The van der Waals surface area contributed by atoms with Gasteiger partial charge in [-0.25, -0.2) is 9.37 Å². The lowest BCUT2D eigenvalue weighted by molar-refractivity contribution is -0.115. The molecule has 0 radical (unpaired) electrons. The summed E-state index contributed by atoms with van der Waals surface area (Å²) in [6.45, 7) is 1.96. The Kier molecular flexibility index (Phi) is 5.89. The van der Waals surface area contributed by atoms with Crippen LogP contribution in [0.3, 0.4) is 0 Å². The number of amides is 1. The summed E-state index contributed by atoms with van der Waals surface area (Å²) in [7, 11) is 0. The van der Waals surface area contributed by atoms with Crippen molar-refractivity contribution in [1.82, 2.24) is 4.98 Å². The van der Waals surface area contributed by atoms with Crippen LogP contribution < -0.4 is 5.32 Å². The maximum absolute atomic E-state index is 13.0. The number of halogens is 1. The Balaban J connectivity index is 1.57. The maximum Gasteiger partial charge on any atom is 0.238 e. The number of hydrogen-bond acceptors (Lipinski definition) is 4. The Hall–Kier alpha value is -1.40. The van der Waals surface area contributed by atoms with Crippen molar-refractivity contribution in [2.75, 3.05) is 5.32 Å². The predicted molar refractivity (Wildman–Crippen MR) is 100 cm³/mol. The van der Waals surface area contributed by atoms with Gasteiger partial charge in [0.25, 0.3) is 0 Å². The first-order chi connectivity index (χ1) is 11.6. The first-order valence-electron chi connectivity index (χ1n) is 8.29. The number of carbonyl (C=O) groups is 1. The maximum atomic E-state index is 13.0. The number of anilines is 1. The van der Waals surface area contributed by atoms with E-state index in [1.165, 1.54) is 55.6 Å². The van der Waals surface area contributed by atoms with Gasteiger partial charge in [0.2, 0.25) is 5.91 Å². The van der Waals surface area contributed by atoms with Gasteiger partial charge in [-0.2, -0.15) is 0 Å². The molecule has 1 amide bonds. The third kappa shape index (κ3) is 4.57. The molecule has 1 fully saturated rings. The van der Waals surface area contributed by atoms with Gasteiger partial charge in [0.05, 0.1) is 10.9 Å². The Morgan fingerprint density at radius 1 is 1.29 bits per heavy atom. The molecule has 6 heteroatoms. The molecule has 1 aliphatic rings. The summed E-state index contributed by atoms with van der Waals surface area (Å²) in [4.78, 5) is 16.8. The van der Waals surface area contributed by atoms with Crippen LogP contribution in [0, 0.1) is 5.82 Å². The molecule has 1 saturated carbocycles. The summed E-state index contributed by atoms with van der Waals surface area (Å²) >= 11 is 3.17. The number of nitrogens with one attached hydrogen (secondary N) is 1. The molecule has 0 spiro atoms. The molecule has 1 aliphatic carbocycles. The van der Waals surface area contributed by atoms with Crippen LogP contribution in [0.2, 0.25) is 0 Å². The molecule has 3 nitrogen and oxygen atoms in total. The largest absolute Gasteiger partial charge is 0.301 e. The van der Waals surface area contributed by atoms with E-state index in [0.717, 1.165) is 11.3 Å². The first kappa shape index (κ1) is 17.4. The average molecular weight is 365 g/mol. The molecule has 1 heterocycles. The van der Waals surface area contributed by atoms with Crippen molar-refractivity contribution >= 4 is 34.1 Å². The van der Waals surface area contributed by atoms with Crippen LogP contribution in [0.5, 0.6) is 0 Å². The molecule has 2 aromatic rings. The standard InChI is InChI=1S/C18H21FN2OS2/c1-12(24-15-5-3-2-4-6-15)17(22)21-18-20-16(11-23-18)13-7-9-14(19)10-8-13/h7-12,15H,2-6H2,1H3,(H,20,21,22). The van der Waals surface area contributed by atoms with Crippen molar-refractivity contribution in [2.24, 2.45) is 0 Å². The zero-order valence-electron chi connectivity index (χ0n) is 13.6. The van der Waals surface area contributed by atoms with Gasteiger partial charge in [0.1, 0.15) is 5.82 Å². The molecule has 0 saturated heterocycles. The molecule has 1 N–H and O–H groups in total. The highest BCUT2D eigenvalue weighted by molar-refractivity contribution is 8.01. The minimum atomic E-state index is -0.268. The molecule has 1 atom stereocenters. The van der Waals surface area contributed by atoms with Crippen molar-refractivity contribution in [2.45, 2.75) is 49.5 Å². The number of nitrogens with zero attached hydrogens (tertiary/aromatic N) is 1. The van der Waals surface area contributed by atoms with Gasteiger partial charge in [-0.15, -0.1) is 23.1 Å². The molecule has 0 bridgehead atoms. The van der Waals surface area contributed by atoms with E-state index in [1.54, 1.807) is 23.9 Å². The van der Waals surface area contributed by atoms with E-state index in [-0.39, 0.29) is 17.0 Å². The van der Waals surface area contributed by atoms with Crippen molar-refractivity contribution in [3.63, 3.8) is 0 Å². The fourth-order valence-electron chi connectivity index (χ4n) is 2.84. The van der Waals surface area contributed by atoms with Gasteiger partial charge >= 0.3 is 0 Å². The van der Waals surface area contributed by atoms with Crippen molar-refractivity contribution in [3.05, 3.63) is 35.5 Å². The van der Waals surface area contributed by atoms with E-state index in [2.05, 4.69) is 10.3 Å². The van der Waals surface area contributed by atoms with E-state index in [0.29, 0.717) is 10.4 Å². The molecule has 0 aliphatic heterocycles. The SMILES string of the molecule is CC(SC1CCCCC1)C(=O)Nc1nc(-c2ccc(F)cc2)cs1.